The minimum atomic E-state index is -4.20. The van der Waals surface area contributed by atoms with Gasteiger partial charge in [-0.25, -0.2) is 4.39 Å². The predicted molar refractivity (Wildman–Crippen MR) is 57.5 cm³/mol. The van der Waals surface area contributed by atoms with Gasteiger partial charge in [0.2, 0.25) is 0 Å². The summed E-state index contributed by atoms with van der Waals surface area (Å²) in [6, 6.07) is 5.64. The first-order valence-electron chi connectivity index (χ1n) is 5.47. The molecule has 0 bridgehead atoms. The molecule has 1 N–H and O–H groups in total. The second-order valence-corrected chi connectivity index (χ2v) is 3.83. The zero-order chi connectivity index (χ0) is 13.6. The van der Waals surface area contributed by atoms with Crippen LogP contribution in [0.15, 0.2) is 24.3 Å². The van der Waals surface area contributed by atoms with Gasteiger partial charge in [0.15, 0.2) is 0 Å². The van der Waals surface area contributed by atoms with Crippen LogP contribution in [0.25, 0.3) is 0 Å². The largest absolute Gasteiger partial charge is 0.389 e. The summed E-state index contributed by atoms with van der Waals surface area (Å²) in [5, 5.41) is 9.57. The number of hydrogen-bond donors (Lipinski definition) is 1. The van der Waals surface area contributed by atoms with Crippen LogP contribution in [-0.4, -0.2) is 24.5 Å². The van der Waals surface area contributed by atoms with Crippen molar-refractivity contribution in [3.8, 4) is 0 Å². The third-order valence-electron chi connectivity index (χ3n) is 2.29. The SMILES string of the molecule is OC(COCCCC(F)(F)F)c1ccccc1F. The van der Waals surface area contributed by atoms with Gasteiger partial charge in [0.05, 0.1) is 6.61 Å². The lowest BCUT2D eigenvalue weighted by Gasteiger charge is -2.12. The van der Waals surface area contributed by atoms with Crippen LogP contribution in [0.2, 0.25) is 0 Å². The molecule has 0 amide bonds. The Hall–Kier alpha value is -1.14. The number of aliphatic hydroxyl groups excluding tert-OH is 1. The molecule has 0 radical (unpaired) electrons. The molecule has 0 aromatic heterocycles. The molecule has 0 aliphatic heterocycles. The summed E-state index contributed by atoms with van der Waals surface area (Å²) < 4.78 is 53.5. The van der Waals surface area contributed by atoms with E-state index in [2.05, 4.69) is 0 Å². The highest BCUT2D eigenvalue weighted by atomic mass is 19.4. The van der Waals surface area contributed by atoms with Crippen LogP contribution >= 0.6 is 0 Å². The zero-order valence-corrected chi connectivity index (χ0v) is 9.58. The van der Waals surface area contributed by atoms with E-state index in [9.17, 15) is 22.7 Å². The second-order valence-electron chi connectivity index (χ2n) is 3.83. The van der Waals surface area contributed by atoms with E-state index in [4.69, 9.17) is 4.74 Å². The first kappa shape index (κ1) is 14.9. The molecule has 2 nitrogen and oxygen atoms in total. The van der Waals surface area contributed by atoms with E-state index >= 15 is 0 Å². The van der Waals surface area contributed by atoms with Crippen LogP contribution in [0.3, 0.4) is 0 Å². The molecule has 0 aliphatic rings. The Morgan fingerprint density at radius 1 is 1.22 bits per heavy atom. The molecule has 0 aliphatic carbocycles. The monoisotopic (exact) mass is 266 g/mol. The second kappa shape index (κ2) is 6.70. The Labute approximate surface area is 102 Å². The van der Waals surface area contributed by atoms with Crippen LogP contribution in [0, 0.1) is 5.82 Å². The van der Waals surface area contributed by atoms with Crippen molar-refractivity contribution in [1.29, 1.82) is 0 Å². The summed E-state index contributed by atoms with van der Waals surface area (Å²) >= 11 is 0. The molecule has 102 valence electrons. The number of benzene rings is 1. The van der Waals surface area contributed by atoms with Crippen molar-refractivity contribution in [2.75, 3.05) is 13.2 Å². The third-order valence-corrected chi connectivity index (χ3v) is 2.29. The summed E-state index contributed by atoms with van der Waals surface area (Å²) in [7, 11) is 0. The van der Waals surface area contributed by atoms with Crippen molar-refractivity contribution in [3.05, 3.63) is 35.6 Å². The average Bonchev–Trinajstić information content (AvgIpc) is 2.27. The molecule has 0 fully saturated rings. The summed E-state index contributed by atoms with van der Waals surface area (Å²) in [6.07, 6.45) is -6.47. The van der Waals surface area contributed by atoms with Gasteiger partial charge in [-0.15, -0.1) is 0 Å². The molecule has 0 spiro atoms. The van der Waals surface area contributed by atoms with Gasteiger partial charge < -0.3 is 9.84 Å². The van der Waals surface area contributed by atoms with Crippen LogP contribution < -0.4 is 0 Å². The Balaban J connectivity index is 2.26. The number of rotatable bonds is 6. The fraction of sp³-hybridized carbons (Fsp3) is 0.500. The lowest BCUT2D eigenvalue weighted by molar-refractivity contribution is -0.138. The van der Waals surface area contributed by atoms with Gasteiger partial charge in [-0.3, -0.25) is 0 Å². The molecular weight excluding hydrogens is 252 g/mol. The van der Waals surface area contributed by atoms with Crippen molar-refractivity contribution in [2.45, 2.75) is 25.1 Å². The van der Waals surface area contributed by atoms with Crippen molar-refractivity contribution in [3.63, 3.8) is 0 Å². The first-order chi connectivity index (χ1) is 8.40. The molecule has 1 aromatic rings. The lowest BCUT2D eigenvalue weighted by Crippen LogP contribution is -2.12. The number of hydrogen-bond acceptors (Lipinski definition) is 2. The maximum Gasteiger partial charge on any atom is 0.389 e. The molecule has 6 heteroatoms. The third kappa shape index (κ3) is 5.46. The summed E-state index contributed by atoms with van der Waals surface area (Å²) in [5.41, 5.74) is 0.0771. The van der Waals surface area contributed by atoms with Gasteiger partial charge in [0.25, 0.3) is 0 Å². The summed E-state index contributed by atoms with van der Waals surface area (Å²) in [5.74, 6) is -0.566. The maximum absolute atomic E-state index is 13.2. The fourth-order valence-corrected chi connectivity index (χ4v) is 1.40. The normalized spacial score (nSPS) is 13.6. The first-order valence-corrected chi connectivity index (χ1v) is 5.47. The van der Waals surface area contributed by atoms with E-state index in [0.717, 1.165) is 0 Å². The van der Waals surface area contributed by atoms with E-state index in [1.165, 1.54) is 18.2 Å². The Bertz CT molecular complexity index is 365. The van der Waals surface area contributed by atoms with Gasteiger partial charge in [0, 0.05) is 18.6 Å². The lowest BCUT2D eigenvalue weighted by atomic mass is 10.1. The summed E-state index contributed by atoms with van der Waals surface area (Å²) in [4.78, 5) is 0. The van der Waals surface area contributed by atoms with Gasteiger partial charge in [-0.2, -0.15) is 13.2 Å². The topological polar surface area (TPSA) is 29.5 Å². The Morgan fingerprint density at radius 3 is 2.50 bits per heavy atom. The van der Waals surface area contributed by atoms with Crippen LogP contribution in [0.1, 0.15) is 24.5 Å². The number of halogens is 4. The van der Waals surface area contributed by atoms with Gasteiger partial charge in [0.1, 0.15) is 11.9 Å². The molecule has 18 heavy (non-hydrogen) atoms. The maximum atomic E-state index is 13.2. The Kier molecular flexibility index (Phi) is 5.55. The summed E-state index contributed by atoms with van der Waals surface area (Å²) in [6.45, 7) is -0.343. The van der Waals surface area contributed by atoms with Crippen molar-refractivity contribution in [1.82, 2.24) is 0 Å². The van der Waals surface area contributed by atoms with E-state index < -0.39 is 24.5 Å². The quantitative estimate of drug-likeness (QED) is 0.632. The van der Waals surface area contributed by atoms with Crippen molar-refractivity contribution in [2.24, 2.45) is 0 Å². The molecule has 1 unspecified atom stereocenters. The highest BCUT2D eigenvalue weighted by Crippen LogP contribution is 2.21. The standard InChI is InChI=1S/C12H14F4O2/c13-10-5-2-1-4-9(10)11(17)8-18-7-3-6-12(14,15)16/h1-2,4-5,11,17H,3,6-8H2. The smallest absolute Gasteiger partial charge is 0.386 e. The molecule has 0 heterocycles. The van der Waals surface area contributed by atoms with Crippen LogP contribution in [0.5, 0.6) is 0 Å². The Morgan fingerprint density at radius 2 is 1.89 bits per heavy atom. The van der Waals surface area contributed by atoms with E-state index in [-0.39, 0.29) is 25.2 Å². The van der Waals surface area contributed by atoms with Gasteiger partial charge >= 0.3 is 6.18 Å². The van der Waals surface area contributed by atoms with E-state index in [1.807, 2.05) is 0 Å². The van der Waals surface area contributed by atoms with Gasteiger partial charge in [-0.1, -0.05) is 18.2 Å². The van der Waals surface area contributed by atoms with E-state index in [1.54, 1.807) is 6.07 Å². The van der Waals surface area contributed by atoms with Crippen molar-refractivity contribution >= 4 is 0 Å². The van der Waals surface area contributed by atoms with Crippen LogP contribution in [0.4, 0.5) is 17.6 Å². The highest BCUT2D eigenvalue weighted by molar-refractivity contribution is 5.19. The molecular formula is C12H14F4O2. The highest BCUT2D eigenvalue weighted by Gasteiger charge is 2.26. The molecule has 0 saturated carbocycles. The zero-order valence-electron chi connectivity index (χ0n) is 9.58. The van der Waals surface area contributed by atoms with Crippen molar-refractivity contribution < 1.29 is 27.4 Å². The molecule has 1 atom stereocenters. The predicted octanol–water partition coefficient (Wildman–Crippen LogP) is 3.22. The molecule has 1 rings (SSSR count). The minimum Gasteiger partial charge on any atom is -0.386 e. The average molecular weight is 266 g/mol. The number of ether oxygens (including phenoxy) is 1. The molecule has 1 aromatic carbocycles. The van der Waals surface area contributed by atoms with Crippen LogP contribution in [-0.2, 0) is 4.74 Å². The molecule has 0 saturated heterocycles. The van der Waals surface area contributed by atoms with E-state index in [0.29, 0.717) is 0 Å². The minimum absolute atomic E-state index is 0.0771. The number of aliphatic hydroxyl groups is 1. The van der Waals surface area contributed by atoms with Gasteiger partial charge in [-0.05, 0) is 12.5 Å². The number of alkyl halides is 3. The fourth-order valence-electron chi connectivity index (χ4n) is 1.40.